The molecule has 5 nitrogen and oxygen atoms in total. The number of amides is 1. The number of primary amides is 1. The number of piperazine rings is 1. The number of nitrogens with two attached hydrogens (primary N) is 1. The van der Waals surface area contributed by atoms with Gasteiger partial charge in [0.1, 0.15) is 5.82 Å². The Morgan fingerprint density at radius 2 is 2.12 bits per heavy atom. The lowest BCUT2D eigenvalue weighted by molar-refractivity contribution is 0.0283. The van der Waals surface area contributed by atoms with Crippen LogP contribution in [0.15, 0.2) is 42.5 Å². The molecule has 0 spiro atoms. The summed E-state index contributed by atoms with van der Waals surface area (Å²) in [6.07, 6.45) is 1.79. The van der Waals surface area contributed by atoms with Crippen molar-refractivity contribution < 1.29 is 13.9 Å². The van der Waals surface area contributed by atoms with Crippen molar-refractivity contribution in [3.63, 3.8) is 0 Å². The van der Waals surface area contributed by atoms with E-state index in [1.54, 1.807) is 6.07 Å². The van der Waals surface area contributed by atoms with Crippen LogP contribution in [-0.4, -0.2) is 49.6 Å². The molecule has 32 heavy (non-hydrogen) atoms. The second kappa shape index (κ2) is 8.81. The van der Waals surface area contributed by atoms with Gasteiger partial charge in [-0.25, -0.2) is 4.39 Å². The number of hydrogen-bond donors (Lipinski definition) is 1. The minimum Gasteiger partial charge on any atom is -0.372 e. The van der Waals surface area contributed by atoms with Crippen LogP contribution in [0.25, 0.3) is 10.8 Å². The van der Waals surface area contributed by atoms with E-state index in [-0.39, 0.29) is 17.8 Å². The summed E-state index contributed by atoms with van der Waals surface area (Å²) in [5, 5.41) is 2.04. The van der Waals surface area contributed by atoms with Gasteiger partial charge in [-0.2, -0.15) is 0 Å². The Labute approximate surface area is 191 Å². The summed E-state index contributed by atoms with van der Waals surface area (Å²) in [6.45, 7) is 6.73. The lowest BCUT2D eigenvalue weighted by Gasteiger charge is -2.42. The van der Waals surface area contributed by atoms with Gasteiger partial charge in [-0.3, -0.25) is 9.69 Å². The summed E-state index contributed by atoms with van der Waals surface area (Å²) in [7, 11) is 0. The molecule has 168 valence electrons. The zero-order valence-corrected chi connectivity index (χ0v) is 19.0. The fourth-order valence-corrected chi connectivity index (χ4v) is 6.12. The van der Waals surface area contributed by atoms with E-state index in [4.69, 9.17) is 10.5 Å². The fourth-order valence-electron chi connectivity index (χ4n) is 4.98. The molecule has 2 N–H and O–H groups in total. The topological polar surface area (TPSA) is 58.8 Å². The molecule has 1 amide bonds. The van der Waals surface area contributed by atoms with E-state index in [9.17, 15) is 9.18 Å². The highest BCUT2D eigenvalue weighted by atomic mass is 32.1. The van der Waals surface area contributed by atoms with Gasteiger partial charge in [-0.15, -0.1) is 11.3 Å². The fraction of sp³-hybridized carbons (Fsp3) is 0.400. The van der Waals surface area contributed by atoms with Crippen molar-refractivity contribution in [3.05, 3.63) is 63.6 Å². The first-order valence-electron chi connectivity index (χ1n) is 11.2. The van der Waals surface area contributed by atoms with E-state index in [2.05, 4.69) is 22.8 Å². The van der Waals surface area contributed by atoms with Gasteiger partial charge in [0.15, 0.2) is 0 Å². The molecule has 0 radical (unpaired) electrons. The molecule has 2 aliphatic rings. The number of carbonyl (C=O) groups is 1. The molecule has 1 fully saturated rings. The van der Waals surface area contributed by atoms with Crippen molar-refractivity contribution in [2.75, 3.05) is 37.7 Å². The normalized spacial score (nSPS) is 21.6. The van der Waals surface area contributed by atoms with Gasteiger partial charge in [0.25, 0.3) is 5.91 Å². The van der Waals surface area contributed by atoms with Gasteiger partial charge in [0.2, 0.25) is 0 Å². The molecule has 2 aliphatic heterocycles. The van der Waals surface area contributed by atoms with Crippen LogP contribution in [0.1, 0.15) is 39.6 Å². The molecule has 1 aromatic heterocycles. The number of halogens is 1. The van der Waals surface area contributed by atoms with Crippen molar-refractivity contribution in [1.82, 2.24) is 4.90 Å². The number of anilines is 1. The number of hydrogen-bond acceptors (Lipinski definition) is 5. The van der Waals surface area contributed by atoms with Crippen LogP contribution >= 0.6 is 11.3 Å². The van der Waals surface area contributed by atoms with Crippen LogP contribution in [0.4, 0.5) is 10.1 Å². The van der Waals surface area contributed by atoms with Gasteiger partial charge in [-0.1, -0.05) is 12.1 Å². The number of nitrogens with zero attached hydrogens (tertiary/aromatic N) is 2. The van der Waals surface area contributed by atoms with E-state index in [1.165, 1.54) is 33.5 Å². The molecular formula is C25H28FN3O2S. The Balaban J connectivity index is 1.24. The van der Waals surface area contributed by atoms with E-state index < -0.39 is 0 Å². The maximum atomic E-state index is 13.6. The minimum absolute atomic E-state index is 0.0371. The highest BCUT2D eigenvalue weighted by molar-refractivity contribution is 7.14. The minimum atomic E-state index is -0.357. The van der Waals surface area contributed by atoms with Gasteiger partial charge in [0.05, 0.1) is 17.6 Å². The quantitative estimate of drug-likeness (QED) is 0.624. The van der Waals surface area contributed by atoms with Crippen LogP contribution in [0.5, 0.6) is 0 Å². The first-order chi connectivity index (χ1) is 15.5. The summed E-state index contributed by atoms with van der Waals surface area (Å²) in [6, 6.07) is 13.5. The molecule has 1 saturated heterocycles. The largest absolute Gasteiger partial charge is 0.372 e. The van der Waals surface area contributed by atoms with Gasteiger partial charge < -0.3 is 15.4 Å². The van der Waals surface area contributed by atoms with Gasteiger partial charge >= 0.3 is 0 Å². The lowest BCUT2D eigenvalue weighted by Crippen LogP contribution is -2.52. The maximum Gasteiger partial charge on any atom is 0.258 e. The van der Waals surface area contributed by atoms with Crippen LogP contribution in [0, 0.1) is 5.82 Å². The number of ether oxygens (including phenoxy) is 1. The van der Waals surface area contributed by atoms with Crippen LogP contribution in [0.3, 0.4) is 0 Å². The number of carbonyl (C=O) groups excluding carboxylic acids is 1. The summed E-state index contributed by atoms with van der Waals surface area (Å²) in [5.41, 5.74) is 7.87. The number of thiophene rings is 1. The molecule has 2 atom stereocenters. The molecular weight excluding hydrogens is 425 g/mol. The summed E-state index contributed by atoms with van der Waals surface area (Å²) >= 11 is 1.49. The van der Waals surface area contributed by atoms with E-state index >= 15 is 0 Å². The number of fused-ring (bicyclic) bond motifs is 2. The Morgan fingerprint density at radius 1 is 1.25 bits per heavy atom. The molecule has 0 bridgehead atoms. The summed E-state index contributed by atoms with van der Waals surface area (Å²) in [4.78, 5) is 18.3. The SMILES string of the molecule is CC1CN(c2cccc3cc(F)ccc23)CCN1CCC1OCCc2cc(C(N)=O)sc21. The molecule has 0 aliphatic carbocycles. The maximum absolute atomic E-state index is 13.6. The van der Waals surface area contributed by atoms with Crippen LogP contribution < -0.4 is 10.6 Å². The molecule has 3 heterocycles. The van der Waals surface area contributed by atoms with E-state index in [1.807, 2.05) is 24.3 Å². The molecule has 3 aromatic rings. The Bertz CT molecular complexity index is 1150. The third-order valence-corrected chi connectivity index (χ3v) is 7.96. The third kappa shape index (κ3) is 4.12. The third-order valence-electron chi connectivity index (χ3n) is 6.67. The Morgan fingerprint density at radius 3 is 2.94 bits per heavy atom. The van der Waals surface area contributed by atoms with Gasteiger partial charge in [-0.05, 0) is 61.0 Å². The predicted octanol–water partition coefficient (Wildman–Crippen LogP) is 4.35. The molecule has 7 heteroatoms. The molecule has 5 rings (SSSR count). The number of rotatable bonds is 5. The van der Waals surface area contributed by atoms with Crippen LogP contribution in [0.2, 0.25) is 0 Å². The zero-order chi connectivity index (χ0) is 22.2. The van der Waals surface area contributed by atoms with Crippen molar-refractivity contribution in [1.29, 1.82) is 0 Å². The van der Waals surface area contributed by atoms with Crippen molar-refractivity contribution in [2.24, 2.45) is 5.73 Å². The van der Waals surface area contributed by atoms with Crippen LogP contribution in [-0.2, 0) is 11.2 Å². The van der Waals surface area contributed by atoms with Crippen molar-refractivity contribution >= 4 is 33.7 Å². The molecule has 2 unspecified atom stereocenters. The highest BCUT2D eigenvalue weighted by Crippen LogP contribution is 2.37. The lowest BCUT2D eigenvalue weighted by atomic mass is 10.0. The summed E-state index contributed by atoms with van der Waals surface area (Å²) < 4.78 is 19.7. The molecule has 0 saturated carbocycles. The standard InChI is InChI=1S/C25H28FN3O2S/c1-16-15-29(21-4-2-3-17-13-19(26)5-6-20(17)21)11-10-28(16)9-7-22-24-18(8-12-31-22)14-23(32-24)25(27)30/h2-6,13-14,16,22H,7-12,15H2,1H3,(H2,27,30). The van der Waals surface area contributed by atoms with E-state index in [0.29, 0.717) is 17.5 Å². The average molecular weight is 454 g/mol. The van der Waals surface area contributed by atoms with Gasteiger partial charge in [0, 0.05) is 48.2 Å². The first kappa shape index (κ1) is 21.4. The highest BCUT2D eigenvalue weighted by Gasteiger charge is 2.29. The Kier molecular flexibility index (Phi) is 5.88. The zero-order valence-electron chi connectivity index (χ0n) is 18.2. The second-order valence-electron chi connectivity index (χ2n) is 8.74. The van der Waals surface area contributed by atoms with Crippen molar-refractivity contribution in [3.8, 4) is 0 Å². The second-order valence-corrected chi connectivity index (χ2v) is 9.82. The average Bonchev–Trinajstić information content (AvgIpc) is 3.23. The van der Waals surface area contributed by atoms with Crippen molar-refractivity contribution in [2.45, 2.75) is 31.9 Å². The first-order valence-corrected chi connectivity index (χ1v) is 12.0. The predicted molar refractivity (Wildman–Crippen MR) is 127 cm³/mol. The smallest absolute Gasteiger partial charge is 0.258 e. The Hall–Kier alpha value is -2.48. The van der Waals surface area contributed by atoms with E-state index in [0.717, 1.165) is 49.8 Å². The summed E-state index contributed by atoms with van der Waals surface area (Å²) in [5.74, 6) is -0.557. The molecule has 2 aromatic carbocycles. The number of benzene rings is 2. The monoisotopic (exact) mass is 453 g/mol.